The number of hydrogen-bond donors (Lipinski definition) is 0. The van der Waals surface area contributed by atoms with Crippen LogP contribution in [0.4, 0.5) is 13.2 Å². The van der Waals surface area contributed by atoms with Gasteiger partial charge in [-0.05, 0) is 43.7 Å². The summed E-state index contributed by atoms with van der Waals surface area (Å²) in [6.07, 6.45) is -4.64. The van der Waals surface area contributed by atoms with Crippen LogP contribution in [0, 0.1) is 6.92 Å². The summed E-state index contributed by atoms with van der Waals surface area (Å²) in [6, 6.07) is 11.1. The molecule has 0 N–H and O–H groups in total. The lowest BCUT2D eigenvalue weighted by atomic mass is 10.1. The van der Waals surface area contributed by atoms with Crippen molar-refractivity contribution in [1.82, 2.24) is 14.7 Å². The van der Waals surface area contributed by atoms with Crippen LogP contribution in [-0.2, 0) is 12.7 Å². The Bertz CT molecular complexity index is 1250. The Morgan fingerprint density at radius 1 is 1.06 bits per heavy atom. The van der Waals surface area contributed by atoms with E-state index >= 15 is 0 Å². The first-order valence-electron chi connectivity index (χ1n) is 10.4. The highest BCUT2D eigenvalue weighted by molar-refractivity contribution is 5.92. The van der Waals surface area contributed by atoms with Gasteiger partial charge in [0.2, 0.25) is 5.43 Å². The number of carbonyl (C=O) groups is 1. The molecule has 0 aliphatic rings. The summed E-state index contributed by atoms with van der Waals surface area (Å²) in [7, 11) is 2.99. The second-order valence-electron chi connectivity index (χ2n) is 7.43. The predicted octanol–water partition coefficient (Wildman–Crippen LogP) is 4.24. The van der Waals surface area contributed by atoms with E-state index in [2.05, 4.69) is 5.10 Å². The van der Waals surface area contributed by atoms with Crippen molar-refractivity contribution in [2.45, 2.75) is 26.6 Å². The molecule has 0 unspecified atom stereocenters. The molecular formula is C24H24F3N3O4. The Kier molecular flexibility index (Phi) is 7.29. The minimum atomic E-state index is -4.64. The van der Waals surface area contributed by atoms with Gasteiger partial charge in [-0.25, -0.2) is 4.68 Å². The lowest BCUT2D eigenvalue weighted by Gasteiger charge is -2.22. The SMILES string of the molecule is CCN(Cc1ccc(OC)c(OC)c1)C(=O)c1nn(-c2ccccc2C(F)(F)F)c(C)cc1=O. The molecule has 0 spiro atoms. The summed E-state index contributed by atoms with van der Waals surface area (Å²) in [5, 5.41) is 4.06. The van der Waals surface area contributed by atoms with Crippen molar-refractivity contribution in [3.8, 4) is 17.2 Å². The number of benzene rings is 2. The summed E-state index contributed by atoms with van der Waals surface area (Å²) in [5.41, 5.74) is -1.46. The van der Waals surface area contributed by atoms with E-state index in [0.29, 0.717) is 17.1 Å². The van der Waals surface area contributed by atoms with Gasteiger partial charge in [0.15, 0.2) is 17.2 Å². The summed E-state index contributed by atoms with van der Waals surface area (Å²) in [4.78, 5) is 27.2. The van der Waals surface area contributed by atoms with E-state index in [1.54, 1.807) is 25.1 Å². The molecule has 0 aliphatic carbocycles. The molecule has 10 heteroatoms. The first-order valence-corrected chi connectivity index (χ1v) is 10.4. The second-order valence-corrected chi connectivity index (χ2v) is 7.43. The molecule has 34 heavy (non-hydrogen) atoms. The van der Waals surface area contributed by atoms with Crippen molar-refractivity contribution in [1.29, 1.82) is 0 Å². The number of carbonyl (C=O) groups excluding carboxylic acids is 1. The zero-order chi connectivity index (χ0) is 25.0. The monoisotopic (exact) mass is 475 g/mol. The maximum absolute atomic E-state index is 13.5. The van der Waals surface area contributed by atoms with E-state index in [4.69, 9.17) is 9.47 Å². The van der Waals surface area contributed by atoms with E-state index in [1.807, 2.05) is 0 Å². The van der Waals surface area contributed by atoms with Gasteiger partial charge < -0.3 is 14.4 Å². The number of para-hydroxylation sites is 1. The first kappa shape index (κ1) is 24.8. The molecular weight excluding hydrogens is 451 g/mol. The van der Waals surface area contributed by atoms with Gasteiger partial charge in [0.25, 0.3) is 5.91 Å². The highest BCUT2D eigenvalue weighted by atomic mass is 19.4. The number of aromatic nitrogens is 2. The van der Waals surface area contributed by atoms with Crippen LogP contribution in [0.5, 0.6) is 11.5 Å². The number of aryl methyl sites for hydroxylation is 1. The van der Waals surface area contributed by atoms with Crippen LogP contribution in [0.15, 0.2) is 53.3 Å². The van der Waals surface area contributed by atoms with Crippen molar-refractivity contribution in [3.63, 3.8) is 0 Å². The lowest BCUT2D eigenvalue weighted by Crippen LogP contribution is -2.36. The van der Waals surface area contributed by atoms with Crippen LogP contribution in [0.2, 0.25) is 0 Å². The molecule has 0 fully saturated rings. The molecule has 2 aromatic carbocycles. The van der Waals surface area contributed by atoms with E-state index in [9.17, 15) is 22.8 Å². The first-order chi connectivity index (χ1) is 16.1. The molecule has 7 nitrogen and oxygen atoms in total. The summed E-state index contributed by atoms with van der Waals surface area (Å²) in [6.45, 7) is 3.55. The summed E-state index contributed by atoms with van der Waals surface area (Å²) >= 11 is 0. The maximum Gasteiger partial charge on any atom is 0.418 e. The van der Waals surface area contributed by atoms with Crippen molar-refractivity contribution >= 4 is 5.91 Å². The van der Waals surface area contributed by atoms with E-state index in [-0.39, 0.29) is 24.5 Å². The largest absolute Gasteiger partial charge is 0.493 e. The lowest BCUT2D eigenvalue weighted by molar-refractivity contribution is -0.137. The van der Waals surface area contributed by atoms with Gasteiger partial charge in [-0.3, -0.25) is 9.59 Å². The van der Waals surface area contributed by atoms with Crippen LogP contribution >= 0.6 is 0 Å². The highest BCUT2D eigenvalue weighted by Gasteiger charge is 2.34. The van der Waals surface area contributed by atoms with Gasteiger partial charge in [-0.1, -0.05) is 18.2 Å². The van der Waals surface area contributed by atoms with Gasteiger partial charge >= 0.3 is 6.18 Å². The van der Waals surface area contributed by atoms with Crippen LogP contribution in [0.25, 0.3) is 5.69 Å². The number of amides is 1. The molecule has 0 radical (unpaired) electrons. The molecule has 3 aromatic rings. The third kappa shape index (κ3) is 5.05. The number of halogens is 3. The Hall–Kier alpha value is -3.82. The molecule has 0 atom stereocenters. The highest BCUT2D eigenvalue weighted by Crippen LogP contribution is 2.33. The van der Waals surface area contributed by atoms with Crippen molar-refractivity contribution < 1.29 is 27.4 Å². The number of methoxy groups -OCH3 is 2. The topological polar surface area (TPSA) is 73.7 Å². The quantitative estimate of drug-likeness (QED) is 0.511. The fraction of sp³-hybridized carbons (Fsp3) is 0.292. The predicted molar refractivity (Wildman–Crippen MR) is 120 cm³/mol. The minimum absolute atomic E-state index is 0.129. The molecule has 1 aromatic heterocycles. The number of hydrogen-bond acceptors (Lipinski definition) is 5. The van der Waals surface area contributed by atoms with Gasteiger partial charge in [0.05, 0.1) is 25.5 Å². The zero-order valence-corrected chi connectivity index (χ0v) is 19.1. The molecule has 0 aliphatic heterocycles. The average molecular weight is 475 g/mol. The number of nitrogens with zero attached hydrogens (tertiary/aromatic N) is 3. The number of ether oxygens (including phenoxy) is 2. The number of rotatable bonds is 7. The standard InChI is InChI=1S/C24H24F3N3O4/c1-5-29(14-16-10-11-20(33-3)21(13-16)34-4)23(32)22-19(31)12-15(2)30(28-22)18-9-7-6-8-17(18)24(25,26)27/h6-13H,5,14H2,1-4H3. The molecule has 0 saturated heterocycles. The average Bonchev–Trinajstić information content (AvgIpc) is 2.81. The Balaban J connectivity index is 2.02. The third-order valence-corrected chi connectivity index (χ3v) is 5.24. The van der Waals surface area contributed by atoms with Gasteiger partial charge in [-0.2, -0.15) is 18.3 Å². The minimum Gasteiger partial charge on any atom is -0.493 e. The van der Waals surface area contributed by atoms with E-state index in [1.165, 1.54) is 44.2 Å². The maximum atomic E-state index is 13.5. The Morgan fingerprint density at radius 3 is 2.35 bits per heavy atom. The molecule has 0 bridgehead atoms. The Labute approximate surface area is 194 Å². The number of alkyl halides is 3. The normalized spacial score (nSPS) is 11.3. The van der Waals surface area contributed by atoms with Crippen LogP contribution in [-0.4, -0.2) is 41.4 Å². The summed E-state index contributed by atoms with van der Waals surface area (Å²) in [5.74, 6) is 0.302. The molecule has 180 valence electrons. The van der Waals surface area contributed by atoms with Crippen molar-refractivity contribution in [2.24, 2.45) is 0 Å². The van der Waals surface area contributed by atoms with Crippen LogP contribution in [0.1, 0.15) is 34.2 Å². The summed E-state index contributed by atoms with van der Waals surface area (Å²) < 4.78 is 52.1. The van der Waals surface area contributed by atoms with E-state index in [0.717, 1.165) is 16.8 Å². The smallest absolute Gasteiger partial charge is 0.418 e. The van der Waals surface area contributed by atoms with Crippen LogP contribution in [0.3, 0.4) is 0 Å². The Morgan fingerprint density at radius 2 is 1.74 bits per heavy atom. The molecule has 1 amide bonds. The van der Waals surface area contributed by atoms with Crippen LogP contribution < -0.4 is 14.9 Å². The zero-order valence-electron chi connectivity index (χ0n) is 19.1. The third-order valence-electron chi connectivity index (χ3n) is 5.24. The second kappa shape index (κ2) is 9.98. The molecule has 1 heterocycles. The fourth-order valence-corrected chi connectivity index (χ4v) is 3.51. The van der Waals surface area contributed by atoms with Gasteiger partial charge in [0.1, 0.15) is 0 Å². The van der Waals surface area contributed by atoms with E-state index < -0.39 is 28.8 Å². The molecule has 0 saturated carbocycles. The van der Waals surface area contributed by atoms with Crippen molar-refractivity contribution in [3.05, 3.63) is 81.3 Å². The molecule has 3 rings (SSSR count). The van der Waals surface area contributed by atoms with Gasteiger partial charge in [0, 0.05) is 24.8 Å². The van der Waals surface area contributed by atoms with Crippen molar-refractivity contribution in [2.75, 3.05) is 20.8 Å². The fourth-order valence-electron chi connectivity index (χ4n) is 3.51. The van der Waals surface area contributed by atoms with Gasteiger partial charge in [-0.15, -0.1) is 0 Å².